The molecule has 0 aromatic heterocycles. The Morgan fingerprint density at radius 3 is 3.00 bits per heavy atom. The zero-order valence-electron chi connectivity index (χ0n) is 9.37. The summed E-state index contributed by atoms with van der Waals surface area (Å²) in [4.78, 5) is 11.5. The average molecular weight is 215 g/mol. The molecular formula is C11H21NO3. The van der Waals surface area contributed by atoms with Crippen molar-refractivity contribution in [1.29, 1.82) is 0 Å². The molecular weight excluding hydrogens is 194 g/mol. The normalized spacial score (nSPS) is 25.5. The lowest BCUT2D eigenvalue weighted by atomic mass is 10.0. The van der Waals surface area contributed by atoms with E-state index in [1.165, 1.54) is 0 Å². The Morgan fingerprint density at radius 2 is 2.33 bits per heavy atom. The number of ether oxygens (including phenoxy) is 1. The zero-order chi connectivity index (χ0) is 11.1. The SMILES string of the molecule is COCCCC(=O)NC1CCCC1CO. The Hall–Kier alpha value is -0.610. The van der Waals surface area contributed by atoms with Crippen LogP contribution in [0.1, 0.15) is 32.1 Å². The first kappa shape index (κ1) is 12.5. The molecule has 0 aliphatic heterocycles. The molecule has 4 heteroatoms. The van der Waals surface area contributed by atoms with E-state index in [0.717, 1.165) is 25.7 Å². The predicted octanol–water partition coefficient (Wildman–Crippen LogP) is 0.690. The molecule has 0 spiro atoms. The van der Waals surface area contributed by atoms with Crippen molar-refractivity contribution in [1.82, 2.24) is 5.32 Å². The number of aliphatic hydroxyl groups is 1. The number of carbonyl (C=O) groups is 1. The van der Waals surface area contributed by atoms with E-state index in [-0.39, 0.29) is 24.5 Å². The number of carbonyl (C=O) groups excluding carboxylic acids is 1. The van der Waals surface area contributed by atoms with Gasteiger partial charge >= 0.3 is 0 Å². The number of hydrogen-bond acceptors (Lipinski definition) is 3. The third-order valence-corrected chi connectivity index (χ3v) is 2.99. The number of rotatable bonds is 6. The van der Waals surface area contributed by atoms with Crippen LogP contribution in [0.2, 0.25) is 0 Å². The molecule has 1 fully saturated rings. The van der Waals surface area contributed by atoms with E-state index in [1.54, 1.807) is 7.11 Å². The summed E-state index contributed by atoms with van der Waals surface area (Å²) < 4.78 is 4.88. The van der Waals surface area contributed by atoms with E-state index in [9.17, 15) is 4.79 Å². The van der Waals surface area contributed by atoms with Crippen LogP contribution in [-0.2, 0) is 9.53 Å². The summed E-state index contributed by atoms with van der Waals surface area (Å²) >= 11 is 0. The maximum Gasteiger partial charge on any atom is 0.220 e. The van der Waals surface area contributed by atoms with Crippen molar-refractivity contribution in [3.63, 3.8) is 0 Å². The van der Waals surface area contributed by atoms with Crippen LogP contribution in [0.5, 0.6) is 0 Å². The van der Waals surface area contributed by atoms with Gasteiger partial charge in [0, 0.05) is 38.7 Å². The van der Waals surface area contributed by atoms with Gasteiger partial charge in [0.1, 0.15) is 0 Å². The fraction of sp³-hybridized carbons (Fsp3) is 0.909. The van der Waals surface area contributed by atoms with E-state index < -0.39 is 0 Å². The average Bonchev–Trinajstić information content (AvgIpc) is 2.65. The molecule has 0 heterocycles. The van der Waals surface area contributed by atoms with E-state index in [4.69, 9.17) is 9.84 Å². The van der Waals surface area contributed by atoms with Gasteiger partial charge in [-0.05, 0) is 19.3 Å². The monoisotopic (exact) mass is 215 g/mol. The standard InChI is InChI=1S/C11H21NO3/c1-15-7-3-6-11(14)12-10-5-2-4-9(10)8-13/h9-10,13H,2-8H2,1H3,(H,12,14). The van der Waals surface area contributed by atoms with Crippen molar-refractivity contribution < 1.29 is 14.6 Å². The summed E-state index contributed by atoms with van der Waals surface area (Å²) in [6, 6.07) is 0.185. The van der Waals surface area contributed by atoms with Crippen molar-refractivity contribution in [3.05, 3.63) is 0 Å². The Morgan fingerprint density at radius 1 is 1.53 bits per heavy atom. The van der Waals surface area contributed by atoms with E-state index in [0.29, 0.717) is 13.0 Å². The molecule has 1 saturated carbocycles. The highest BCUT2D eigenvalue weighted by atomic mass is 16.5. The molecule has 0 radical (unpaired) electrons. The van der Waals surface area contributed by atoms with Crippen LogP contribution in [0.15, 0.2) is 0 Å². The summed E-state index contributed by atoms with van der Waals surface area (Å²) in [5, 5.41) is 12.1. The lowest BCUT2D eigenvalue weighted by Crippen LogP contribution is -2.38. The highest BCUT2D eigenvalue weighted by molar-refractivity contribution is 5.76. The molecule has 0 bridgehead atoms. The third-order valence-electron chi connectivity index (χ3n) is 2.99. The lowest BCUT2D eigenvalue weighted by Gasteiger charge is -2.18. The molecule has 1 aliphatic carbocycles. The molecule has 1 rings (SSSR count). The van der Waals surface area contributed by atoms with Crippen molar-refractivity contribution in [3.8, 4) is 0 Å². The summed E-state index contributed by atoms with van der Waals surface area (Å²) in [6.45, 7) is 0.810. The smallest absolute Gasteiger partial charge is 0.220 e. The van der Waals surface area contributed by atoms with Gasteiger partial charge in [0.05, 0.1) is 0 Å². The van der Waals surface area contributed by atoms with Gasteiger partial charge in [0.15, 0.2) is 0 Å². The first-order valence-corrected chi connectivity index (χ1v) is 5.67. The van der Waals surface area contributed by atoms with Crippen molar-refractivity contribution >= 4 is 5.91 Å². The van der Waals surface area contributed by atoms with Crippen LogP contribution in [0, 0.1) is 5.92 Å². The fourth-order valence-corrected chi connectivity index (χ4v) is 2.10. The molecule has 15 heavy (non-hydrogen) atoms. The Balaban J connectivity index is 2.19. The second-order valence-corrected chi connectivity index (χ2v) is 4.14. The first-order chi connectivity index (χ1) is 7.27. The second-order valence-electron chi connectivity index (χ2n) is 4.14. The van der Waals surface area contributed by atoms with Gasteiger partial charge in [-0.3, -0.25) is 4.79 Å². The Labute approximate surface area is 91.0 Å². The van der Waals surface area contributed by atoms with E-state index in [2.05, 4.69) is 5.32 Å². The van der Waals surface area contributed by atoms with Crippen LogP contribution in [0.3, 0.4) is 0 Å². The molecule has 2 N–H and O–H groups in total. The molecule has 1 aliphatic rings. The number of amides is 1. The fourth-order valence-electron chi connectivity index (χ4n) is 2.10. The molecule has 1 amide bonds. The Bertz CT molecular complexity index is 196. The molecule has 4 nitrogen and oxygen atoms in total. The van der Waals surface area contributed by atoms with Gasteiger partial charge < -0.3 is 15.2 Å². The maximum absolute atomic E-state index is 11.5. The lowest BCUT2D eigenvalue weighted by molar-refractivity contribution is -0.122. The largest absolute Gasteiger partial charge is 0.396 e. The maximum atomic E-state index is 11.5. The minimum absolute atomic E-state index is 0.0809. The van der Waals surface area contributed by atoms with Crippen LogP contribution in [0.4, 0.5) is 0 Å². The highest BCUT2D eigenvalue weighted by Gasteiger charge is 2.27. The molecule has 2 atom stereocenters. The van der Waals surface area contributed by atoms with Gasteiger partial charge in [-0.2, -0.15) is 0 Å². The number of hydrogen-bond donors (Lipinski definition) is 2. The number of aliphatic hydroxyl groups excluding tert-OH is 1. The zero-order valence-corrected chi connectivity index (χ0v) is 9.37. The molecule has 0 aromatic carbocycles. The van der Waals surface area contributed by atoms with Crippen LogP contribution >= 0.6 is 0 Å². The first-order valence-electron chi connectivity index (χ1n) is 5.67. The summed E-state index contributed by atoms with van der Waals surface area (Å²) in [7, 11) is 1.64. The second kappa shape index (κ2) is 6.80. The molecule has 88 valence electrons. The van der Waals surface area contributed by atoms with Gasteiger partial charge in [0.25, 0.3) is 0 Å². The molecule has 2 unspecified atom stereocenters. The summed E-state index contributed by atoms with van der Waals surface area (Å²) in [6.07, 6.45) is 4.41. The third kappa shape index (κ3) is 4.18. The van der Waals surface area contributed by atoms with Crippen molar-refractivity contribution in [2.24, 2.45) is 5.92 Å². The van der Waals surface area contributed by atoms with Crippen LogP contribution < -0.4 is 5.32 Å². The van der Waals surface area contributed by atoms with Crippen molar-refractivity contribution in [2.45, 2.75) is 38.1 Å². The summed E-state index contributed by atoms with van der Waals surface area (Å²) in [5.41, 5.74) is 0. The highest BCUT2D eigenvalue weighted by Crippen LogP contribution is 2.24. The van der Waals surface area contributed by atoms with Gasteiger partial charge in [-0.15, -0.1) is 0 Å². The minimum atomic E-state index is 0.0809. The van der Waals surface area contributed by atoms with E-state index in [1.807, 2.05) is 0 Å². The van der Waals surface area contributed by atoms with Gasteiger partial charge in [-0.25, -0.2) is 0 Å². The molecule has 0 aromatic rings. The quantitative estimate of drug-likeness (QED) is 0.641. The van der Waals surface area contributed by atoms with Gasteiger partial charge in [-0.1, -0.05) is 6.42 Å². The number of nitrogens with one attached hydrogen (secondary N) is 1. The number of methoxy groups -OCH3 is 1. The molecule has 0 saturated heterocycles. The summed E-state index contributed by atoms with van der Waals surface area (Å²) in [5.74, 6) is 0.341. The Kier molecular flexibility index (Phi) is 5.65. The van der Waals surface area contributed by atoms with Crippen LogP contribution in [-0.4, -0.2) is 37.4 Å². The van der Waals surface area contributed by atoms with Gasteiger partial charge in [0.2, 0.25) is 5.91 Å². The van der Waals surface area contributed by atoms with E-state index >= 15 is 0 Å². The van der Waals surface area contributed by atoms with Crippen molar-refractivity contribution in [2.75, 3.05) is 20.3 Å². The predicted molar refractivity (Wildman–Crippen MR) is 57.5 cm³/mol. The van der Waals surface area contributed by atoms with Crippen LogP contribution in [0.25, 0.3) is 0 Å². The topological polar surface area (TPSA) is 58.6 Å². The minimum Gasteiger partial charge on any atom is -0.396 e.